The molecule has 0 spiro atoms. The van der Waals surface area contributed by atoms with Crippen LogP contribution in [0.2, 0.25) is 0 Å². The van der Waals surface area contributed by atoms with E-state index in [0.29, 0.717) is 24.5 Å². The van der Waals surface area contributed by atoms with Gasteiger partial charge in [0.1, 0.15) is 18.0 Å². The van der Waals surface area contributed by atoms with Gasteiger partial charge in [0.2, 0.25) is 0 Å². The average Bonchev–Trinajstić information content (AvgIpc) is 3.01. The third-order valence-corrected chi connectivity index (χ3v) is 4.36. The number of hydrogen-bond acceptors (Lipinski definition) is 5. The van der Waals surface area contributed by atoms with E-state index in [1.54, 1.807) is 11.0 Å². The van der Waals surface area contributed by atoms with Gasteiger partial charge in [-0.05, 0) is 70.7 Å². The largest absolute Gasteiger partial charge is 0.491 e. The Labute approximate surface area is 155 Å². The molecule has 2 rings (SSSR count). The van der Waals surface area contributed by atoms with Crippen molar-refractivity contribution >= 4 is 12.1 Å². The minimum absolute atomic E-state index is 0.00941. The highest BCUT2D eigenvalue weighted by Gasteiger charge is 2.32. The van der Waals surface area contributed by atoms with Crippen LogP contribution in [-0.4, -0.2) is 48.9 Å². The second-order valence-corrected chi connectivity index (χ2v) is 7.71. The number of benzene rings is 1. The monoisotopic (exact) mass is 363 g/mol. The van der Waals surface area contributed by atoms with E-state index in [2.05, 4.69) is 0 Å². The topological polar surface area (TPSA) is 65.1 Å². The fourth-order valence-corrected chi connectivity index (χ4v) is 3.03. The van der Waals surface area contributed by atoms with Gasteiger partial charge in [-0.3, -0.25) is 0 Å². The first-order valence-electron chi connectivity index (χ1n) is 8.94. The van der Waals surface area contributed by atoms with Crippen molar-refractivity contribution in [1.82, 2.24) is 4.90 Å². The molecule has 6 nitrogen and oxygen atoms in total. The Morgan fingerprint density at radius 2 is 1.88 bits per heavy atom. The molecule has 0 saturated carbocycles. The molecule has 1 saturated heterocycles. The van der Waals surface area contributed by atoms with Gasteiger partial charge in [-0.25, -0.2) is 9.59 Å². The van der Waals surface area contributed by atoms with Crippen LogP contribution in [0.5, 0.6) is 5.75 Å². The number of aryl methyl sites for hydroxylation is 2. The third-order valence-electron chi connectivity index (χ3n) is 4.36. The molecule has 0 radical (unpaired) electrons. The van der Waals surface area contributed by atoms with Crippen LogP contribution in [0.4, 0.5) is 4.79 Å². The van der Waals surface area contributed by atoms with Crippen molar-refractivity contribution < 1.29 is 23.8 Å². The number of esters is 1. The molecule has 1 amide bonds. The molecule has 1 aromatic rings. The summed E-state index contributed by atoms with van der Waals surface area (Å²) in [5.74, 6) is 0.357. The van der Waals surface area contributed by atoms with E-state index in [-0.39, 0.29) is 18.1 Å². The lowest BCUT2D eigenvalue weighted by molar-refractivity contribution is 0.0187. The van der Waals surface area contributed by atoms with E-state index >= 15 is 0 Å². The molecule has 144 valence electrons. The van der Waals surface area contributed by atoms with Crippen molar-refractivity contribution in [2.75, 3.05) is 20.3 Å². The molecule has 6 heteroatoms. The van der Waals surface area contributed by atoms with Gasteiger partial charge in [0.15, 0.2) is 0 Å². The third kappa shape index (κ3) is 4.90. The number of ether oxygens (including phenoxy) is 3. The lowest BCUT2D eigenvalue weighted by Gasteiger charge is -2.28. The molecule has 0 bridgehead atoms. The van der Waals surface area contributed by atoms with Crippen LogP contribution in [0, 0.1) is 13.8 Å². The minimum atomic E-state index is -0.511. The highest BCUT2D eigenvalue weighted by Crippen LogP contribution is 2.26. The van der Waals surface area contributed by atoms with Crippen molar-refractivity contribution in [2.45, 2.75) is 59.1 Å². The second kappa shape index (κ2) is 7.98. The maximum absolute atomic E-state index is 12.4. The summed E-state index contributed by atoms with van der Waals surface area (Å²) in [4.78, 5) is 25.9. The first kappa shape index (κ1) is 20.1. The predicted molar refractivity (Wildman–Crippen MR) is 98.7 cm³/mol. The molecule has 1 fully saturated rings. The molecular formula is C20H29NO5. The van der Waals surface area contributed by atoms with Crippen molar-refractivity contribution in [3.63, 3.8) is 0 Å². The number of carbonyl (C=O) groups is 2. The van der Waals surface area contributed by atoms with Crippen molar-refractivity contribution in [3.8, 4) is 5.75 Å². The van der Waals surface area contributed by atoms with Crippen LogP contribution in [0.1, 0.15) is 55.1 Å². The lowest BCUT2D eigenvalue weighted by atomic mass is 10.0. The summed E-state index contributed by atoms with van der Waals surface area (Å²) in [6, 6.07) is 3.61. The molecule has 0 N–H and O–H groups in total. The average molecular weight is 363 g/mol. The Hall–Kier alpha value is -2.24. The van der Waals surface area contributed by atoms with Gasteiger partial charge in [-0.15, -0.1) is 0 Å². The van der Waals surface area contributed by atoms with Gasteiger partial charge >= 0.3 is 12.1 Å². The van der Waals surface area contributed by atoms with Gasteiger partial charge in [0.25, 0.3) is 0 Å². The zero-order valence-corrected chi connectivity index (χ0v) is 16.5. The van der Waals surface area contributed by atoms with E-state index in [4.69, 9.17) is 14.2 Å². The second-order valence-electron chi connectivity index (χ2n) is 7.71. The van der Waals surface area contributed by atoms with Crippen LogP contribution in [-0.2, 0) is 9.47 Å². The van der Waals surface area contributed by atoms with E-state index in [0.717, 1.165) is 24.0 Å². The highest BCUT2D eigenvalue weighted by molar-refractivity contribution is 5.91. The fourth-order valence-electron chi connectivity index (χ4n) is 3.03. The van der Waals surface area contributed by atoms with Crippen LogP contribution in [0.15, 0.2) is 12.1 Å². The van der Waals surface area contributed by atoms with Gasteiger partial charge in [0.05, 0.1) is 18.7 Å². The van der Waals surface area contributed by atoms with Crippen molar-refractivity contribution in [1.29, 1.82) is 0 Å². The fraction of sp³-hybridized carbons (Fsp3) is 0.600. The summed E-state index contributed by atoms with van der Waals surface area (Å²) in [5.41, 5.74) is 1.68. The maximum Gasteiger partial charge on any atom is 0.410 e. The van der Waals surface area contributed by atoms with Gasteiger partial charge in [0, 0.05) is 6.54 Å². The molecular weight excluding hydrogens is 334 g/mol. The maximum atomic E-state index is 12.4. The lowest BCUT2D eigenvalue weighted by Crippen LogP contribution is -2.42. The number of hydrogen-bond donors (Lipinski definition) is 0. The number of rotatable bonds is 4. The Morgan fingerprint density at radius 3 is 2.50 bits per heavy atom. The smallest absolute Gasteiger partial charge is 0.410 e. The highest BCUT2D eigenvalue weighted by atomic mass is 16.6. The molecule has 1 aromatic carbocycles. The zero-order valence-electron chi connectivity index (χ0n) is 16.5. The Morgan fingerprint density at radius 1 is 1.19 bits per heavy atom. The van der Waals surface area contributed by atoms with Crippen molar-refractivity contribution in [3.05, 3.63) is 28.8 Å². The Bertz CT molecular complexity index is 678. The number of likely N-dealkylation sites (tertiary alicyclic amines) is 1. The SMILES string of the molecule is COC(=O)c1cc(C)c(OC[C@@H]2CCCN2C(=O)OC(C)(C)C)cc1C. The molecule has 1 atom stereocenters. The molecule has 1 heterocycles. The van der Waals surface area contributed by atoms with Gasteiger partial charge in [-0.2, -0.15) is 0 Å². The minimum Gasteiger partial charge on any atom is -0.491 e. The number of carbonyl (C=O) groups excluding carboxylic acids is 2. The quantitative estimate of drug-likeness (QED) is 0.760. The molecule has 0 aliphatic carbocycles. The van der Waals surface area contributed by atoms with Crippen LogP contribution < -0.4 is 4.74 Å². The van der Waals surface area contributed by atoms with Crippen LogP contribution in [0.3, 0.4) is 0 Å². The summed E-state index contributed by atoms with van der Waals surface area (Å²) in [7, 11) is 1.37. The molecule has 0 unspecified atom stereocenters. The van der Waals surface area contributed by atoms with E-state index in [1.807, 2.05) is 40.7 Å². The van der Waals surface area contributed by atoms with Crippen LogP contribution >= 0.6 is 0 Å². The number of methoxy groups -OCH3 is 1. The molecule has 1 aliphatic heterocycles. The number of amides is 1. The first-order valence-corrected chi connectivity index (χ1v) is 8.94. The summed E-state index contributed by atoms with van der Waals surface area (Å²) in [6.07, 6.45) is 1.53. The molecule has 26 heavy (non-hydrogen) atoms. The number of nitrogens with zero attached hydrogens (tertiary/aromatic N) is 1. The Kier molecular flexibility index (Phi) is 6.16. The van der Waals surface area contributed by atoms with Crippen LogP contribution in [0.25, 0.3) is 0 Å². The Balaban J connectivity index is 2.05. The standard InChI is InChI=1S/C20H29NO5/c1-13-11-17(14(2)10-16(13)18(22)24-6)25-12-15-8-7-9-21(15)19(23)26-20(3,4)5/h10-11,15H,7-9,12H2,1-6H3/t15-/m0/s1. The van der Waals surface area contributed by atoms with Gasteiger partial charge in [-0.1, -0.05) is 0 Å². The van der Waals surface area contributed by atoms with Crippen molar-refractivity contribution in [2.24, 2.45) is 0 Å². The molecule has 1 aliphatic rings. The zero-order chi connectivity index (χ0) is 19.5. The summed E-state index contributed by atoms with van der Waals surface area (Å²) in [5, 5.41) is 0. The van der Waals surface area contributed by atoms with Gasteiger partial charge < -0.3 is 19.1 Å². The molecule has 0 aromatic heterocycles. The predicted octanol–water partition coefficient (Wildman–Crippen LogP) is 3.87. The first-order chi connectivity index (χ1) is 12.1. The van der Waals surface area contributed by atoms with E-state index < -0.39 is 5.60 Å². The van der Waals surface area contributed by atoms with E-state index in [9.17, 15) is 9.59 Å². The van der Waals surface area contributed by atoms with E-state index in [1.165, 1.54) is 7.11 Å². The normalized spacial score (nSPS) is 17.2. The summed E-state index contributed by atoms with van der Waals surface area (Å²) < 4.78 is 16.3. The summed E-state index contributed by atoms with van der Waals surface area (Å²) in [6.45, 7) is 10.4. The summed E-state index contributed by atoms with van der Waals surface area (Å²) >= 11 is 0.